The summed E-state index contributed by atoms with van der Waals surface area (Å²) < 4.78 is 1.06. The predicted molar refractivity (Wildman–Crippen MR) is 80.0 cm³/mol. The Kier molecular flexibility index (Phi) is 4.93. The Labute approximate surface area is 124 Å². The van der Waals surface area contributed by atoms with Gasteiger partial charge in [0.15, 0.2) is 0 Å². The van der Waals surface area contributed by atoms with Gasteiger partial charge in [-0.05, 0) is 46.6 Å². The molecule has 2 aromatic heterocycles. The number of nitrogens with zero attached hydrogens (tertiary/aromatic N) is 1. The zero-order valence-corrected chi connectivity index (χ0v) is 12.8. The lowest BCUT2D eigenvalue weighted by Gasteiger charge is -2.13. The molecule has 2 heterocycles. The molecule has 100 valence electrons. The van der Waals surface area contributed by atoms with Crippen LogP contribution in [0, 0.1) is 0 Å². The van der Waals surface area contributed by atoms with E-state index in [1.807, 2.05) is 31.2 Å². The summed E-state index contributed by atoms with van der Waals surface area (Å²) >= 11 is 5.03. The lowest BCUT2D eigenvalue weighted by Crippen LogP contribution is -2.36. The minimum atomic E-state index is -0.180. The molecule has 2 amide bonds. The smallest absolute Gasteiger partial charge is 0.315 e. The SMILES string of the molecule is C[C@H](NC(=O)NCc1cccnc1)c1ccc(Br)s1. The Morgan fingerprint density at radius 3 is 2.95 bits per heavy atom. The van der Waals surface area contributed by atoms with Crippen LogP contribution < -0.4 is 10.6 Å². The summed E-state index contributed by atoms with van der Waals surface area (Å²) in [7, 11) is 0. The van der Waals surface area contributed by atoms with Crippen molar-refractivity contribution in [3.05, 3.63) is 50.9 Å². The molecule has 4 nitrogen and oxygen atoms in total. The van der Waals surface area contributed by atoms with Gasteiger partial charge in [0.2, 0.25) is 0 Å². The highest BCUT2D eigenvalue weighted by Gasteiger charge is 2.10. The first-order valence-corrected chi connectivity index (χ1v) is 7.44. The highest BCUT2D eigenvalue weighted by molar-refractivity contribution is 9.11. The zero-order valence-electron chi connectivity index (χ0n) is 10.4. The standard InChI is InChI=1S/C13H14BrN3OS/c1-9(11-4-5-12(14)19-11)17-13(18)16-8-10-3-2-6-15-7-10/h2-7,9H,8H2,1H3,(H2,16,17,18)/t9-/m0/s1. The first kappa shape index (κ1) is 14.0. The summed E-state index contributed by atoms with van der Waals surface area (Å²) in [6.45, 7) is 2.43. The van der Waals surface area contributed by atoms with Crippen LogP contribution in [0.5, 0.6) is 0 Å². The van der Waals surface area contributed by atoms with E-state index >= 15 is 0 Å². The van der Waals surface area contributed by atoms with Gasteiger partial charge in [-0.3, -0.25) is 4.98 Å². The van der Waals surface area contributed by atoms with Crippen molar-refractivity contribution in [2.75, 3.05) is 0 Å². The Bertz CT molecular complexity index is 544. The Balaban J connectivity index is 1.81. The van der Waals surface area contributed by atoms with Gasteiger partial charge in [0, 0.05) is 23.8 Å². The number of hydrogen-bond donors (Lipinski definition) is 2. The van der Waals surface area contributed by atoms with E-state index in [0.29, 0.717) is 6.54 Å². The molecule has 0 unspecified atom stereocenters. The molecular weight excluding hydrogens is 326 g/mol. The second kappa shape index (κ2) is 6.68. The van der Waals surface area contributed by atoms with Crippen LogP contribution in [0.4, 0.5) is 4.79 Å². The molecule has 2 rings (SSSR count). The Morgan fingerprint density at radius 1 is 1.47 bits per heavy atom. The molecule has 6 heteroatoms. The molecule has 2 aromatic rings. The maximum absolute atomic E-state index is 11.8. The number of halogens is 1. The number of rotatable bonds is 4. The van der Waals surface area contributed by atoms with E-state index in [4.69, 9.17) is 0 Å². The molecule has 0 aliphatic carbocycles. The number of carbonyl (C=O) groups is 1. The summed E-state index contributed by atoms with van der Waals surface area (Å²) in [6, 6.07) is 7.56. The topological polar surface area (TPSA) is 54.0 Å². The first-order chi connectivity index (χ1) is 9.15. The van der Waals surface area contributed by atoms with Crippen molar-refractivity contribution in [2.45, 2.75) is 19.5 Å². The van der Waals surface area contributed by atoms with Crippen molar-refractivity contribution in [3.8, 4) is 0 Å². The molecular formula is C13H14BrN3OS. The highest BCUT2D eigenvalue weighted by Crippen LogP contribution is 2.26. The number of nitrogens with one attached hydrogen (secondary N) is 2. The van der Waals surface area contributed by atoms with Crippen molar-refractivity contribution in [1.82, 2.24) is 15.6 Å². The van der Waals surface area contributed by atoms with E-state index in [2.05, 4.69) is 31.5 Å². The van der Waals surface area contributed by atoms with Crippen molar-refractivity contribution >= 4 is 33.3 Å². The molecule has 19 heavy (non-hydrogen) atoms. The van der Waals surface area contributed by atoms with Gasteiger partial charge in [-0.25, -0.2) is 4.79 Å². The Morgan fingerprint density at radius 2 is 2.32 bits per heavy atom. The molecule has 0 aromatic carbocycles. The summed E-state index contributed by atoms with van der Waals surface area (Å²) in [5.74, 6) is 0. The van der Waals surface area contributed by atoms with E-state index in [9.17, 15) is 4.79 Å². The molecule has 0 saturated heterocycles. The van der Waals surface area contributed by atoms with Gasteiger partial charge in [-0.15, -0.1) is 11.3 Å². The van der Waals surface area contributed by atoms with E-state index < -0.39 is 0 Å². The molecule has 0 spiro atoms. The molecule has 2 N–H and O–H groups in total. The van der Waals surface area contributed by atoms with Gasteiger partial charge >= 0.3 is 6.03 Å². The third-order valence-corrected chi connectivity index (χ3v) is 4.35. The molecule has 0 aliphatic heterocycles. The minimum Gasteiger partial charge on any atom is -0.334 e. The predicted octanol–water partition coefficient (Wildman–Crippen LogP) is 3.47. The number of thiophene rings is 1. The fourth-order valence-electron chi connectivity index (χ4n) is 1.56. The second-order valence-electron chi connectivity index (χ2n) is 4.05. The van der Waals surface area contributed by atoms with Crippen LogP contribution in [0.15, 0.2) is 40.4 Å². The van der Waals surface area contributed by atoms with Crippen LogP contribution in [0.25, 0.3) is 0 Å². The summed E-state index contributed by atoms with van der Waals surface area (Å²) in [4.78, 5) is 16.9. The van der Waals surface area contributed by atoms with Gasteiger partial charge in [0.05, 0.1) is 9.83 Å². The maximum atomic E-state index is 11.8. The van der Waals surface area contributed by atoms with Crippen LogP contribution in [0.2, 0.25) is 0 Å². The van der Waals surface area contributed by atoms with Crippen LogP contribution in [-0.2, 0) is 6.54 Å². The largest absolute Gasteiger partial charge is 0.334 e. The Hall–Kier alpha value is -1.40. The van der Waals surface area contributed by atoms with Gasteiger partial charge in [-0.1, -0.05) is 6.07 Å². The van der Waals surface area contributed by atoms with Crippen LogP contribution in [0.1, 0.15) is 23.4 Å². The van der Waals surface area contributed by atoms with Crippen LogP contribution >= 0.6 is 27.3 Å². The van der Waals surface area contributed by atoms with E-state index in [0.717, 1.165) is 14.2 Å². The molecule has 0 bridgehead atoms. The third kappa shape index (κ3) is 4.33. The zero-order chi connectivity index (χ0) is 13.7. The van der Waals surface area contributed by atoms with Crippen molar-refractivity contribution in [3.63, 3.8) is 0 Å². The average molecular weight is 340 g/mol. The lowest BCUT2D eigenvalue weighted by atomic mass is 10.3. The summed E-state index contributed by atoms with van der Waals surface area (Å²) in [5, 5.41) is 5.71. The number of aromatic nitrogens is 1. The normalized spacial score (nSPS) is 11.9. The van der Waals surface area contributed by atoms with E-state index in [1.54, 1.807) is 23.7 Å². The third-order valence-electron chi connectivity index (χ3n) is 2.54. The van der Waals surface area contributed by atoms with Crippen LogP contribution in [-0.4, -0.2) is 11.0 Å². The van der Waals surface area contributed by atoms with Crippen LogP contribution in [0.3, 0.4) is 0 Å². The summed E-state index contributed by atoms with van der Waals surface area (Å²) in [5.41, 5.74) is 0.976. The number of pyridine rings is 1. The quantitative estimate of drug-likeness (QED) is 0.896. The maximum Gasteiger partial charge on any atom is 0.315 e. The monoisotopic (exact) mass is 339 g/mol. The van der Waals surface area contributed by atoms with E-state index in [1.165, 1.54) is 0 Å². The van der Waals surface area contributed by atoms with Gasteiger partial charge in [0.25, 0.3) is 0 Å². The summed E-state index contributed by atoms with van der Waals surface area (Å²) in [6.07, 6.45) is 3.44. The van der Waals surface area contributed by atoms with Crippen molar-refractivity contribution in [2.24, 2.45) is 0 Å². The molecule has 0 radical (unpaired) electrons. The minimum absolute atomic E-state index is 0.00908. The number of amides is 2. The molecule has 0 aliphatic rings. The molecule has 1 atom stereocenters. The fraction of sp³-hybridized carbons (Fsp3) is 0.231. The molecule has 0 fully saturated rings. The van der Waals surface area contributed by atoms with Gasteiger partial charge in [0.1, 0.15) is 0 Å². The van der Waals surface area contributed by atoms with Gasteiger partial charge in [-0.2, -0.15) is 0 Å². The second-order valence-corrected chi connectivity index (χ2v) is 6.55. The average Bonchev–Trinajstić information content (AvgIpc) is 2.84. The van der Waals surface area contributed by atoms with Gasteiger partial charge < -0.3 is 10.6 Å². The number of hydrogen-bond acceptors (Lipinski definition) is 3. The number of carbonyl (C=O) groups excluding carboxylic acids is 1. The highest BCUT2D eigenvalue weighted by atomic mass is 79.9. The lowest BCUT2D eigenvalue weighted by molar-refractivity contribution is 0.237. The first-order valence-electron chi connectivity index (χ1n) is 5.83. The van der Waals surface area contributed by atoms with Crippen molar-refractivity contribution < 1.29 is 4.79 Å². The van der Waals surface area contributed by atoms with E-state index in [-0.39, 0.29) is 12.1 Å². The fourth-order valence-corrected chi connectivity index (χ4v) is 2.99. The van der Waals surface area contributed by atoms with Crippen molar-refractivity contribution in [1.29, 1.82) is 0 Å². The number of urea groups is 1. The molecule has 0 saturated carbocycles.